The molecule has 8 heteroatoms. The van der Waals surface area contributed by atoms with Crippen LogP contribution >= 0.6 is 0 Å². The van der Waals surface area contributed by atoms with Gasteiger partial charge in [-0.1, -0.05) is 6.07 Å². The number of anilines is 1. The van der Waals surface area contributed by atoms with Gasteiger partial charge in [-0.15, -0.1) is 0 Å². The number of amides is 1. The van der Waals surface area contributed by atoms with Crippen molar-refractivity contribution in [3.8, 4) is 0 Å². The minimum Gasteiger partial charge on any atom is -0.393 e. The average Bonchev–Trinajstić information content (AvgIpc) is 2.38. The van der Waals surface area contributed by atoms with Gasteiger partial charge in [0.1, 0.15) is 0 Å². The van der Waals surface area contributed by atoms with Crippen LogP contribution in [0.2, 0.25) is 0 Å². The van der Waals surface area contributed by atoms with E-state index in [1.165, 1.54) is 19.9 Å². The third-order valence-corrected chi connectivity index (χ3v) is 4.32. The maximum Gasteiger partial charge on any atom is 0.241 e. The molecule has 0 saturated heterocycles. The summed E-state index contributed by atoms with van der Waals surface area (Å²) < 4.78 is 26.7. The average molecular weight is 316 g/mol. The summed E-state index contributed by atoms with van der Waals surface area (Å²) in [5, 5.41) is 21.1. The van der Waals surface area contributed by atoms with Gasteiger partial charge in [-0.3, -0.25) is 4.79 Å². The Kier molecular flexibility index (Phi) is 5.46. The second-order valence-corrected chi connectivity index (χ2v) is 6.88. The molecule has 118 valence electrons. The highest BCUT2D eigenvalue weighted by Gasteiger charge is 2.24. The monoisotopic (exact) mass is 316 g/mol. The molecular weight excluding hydrogens is 296 g/mol. The Balaban J connectivity index is 3.04. The highest BCUT2D eigenvalue weighted by molar-refractivity contribution is 7.89. The zero-order chi connectivity index (χ0) is 16.3. The van der Waals surface area contributed by atoms with Crippen LogP contribution in [0, 0.1) is 6.92 Å². The molecule has 0 radical (unpaired) electrons. The lowest BCUT2D eigenvalue weighted by Gasteiger charge is -2.21. The Hall–Kier alpha value is -1.48. The summed E-state index contributed by atoms with van der Waals surface area (Å²) in [5.41, 5.74) is -0.682. The van der Waals surface area contributed by atoms with Crippen molar-refractivity contribution in [3.63, 3.8) is 0 Å². The van der Waals surface area contributed by atoms with E-state index in [0.29, 0.717) is 11.3 Å². The number of hydrogen-bond donors (Lipinski definition) is 4. The third-order valence-electron chi connectivity index (χ3n) is 2.78. The highest BCUT2D eigenvalue weighted by Crippen LogP contribution is 2.20. The van der Waals surface area contributed by atoms with Crippen LogP contribution in [0.4, 0.5) is 5.69 Å². The van der Waals surface area contributed by atoms with Crippen molar-refractivity contribution in [1.82, 2.24) is 4.72 Å². The minimum atomic E-state index is -3.86. The quantitative estimate of drug-likeness (QED) is 0.588. The second-order valence-electron chi connectivity index (χ2n) is 5.14. The maximum atomic E-state index is 12.2. The van der Waals surface area contributed by atoms with Gasteiger partial charge < -0.3 is 15.5 Å². The number of carbonyl (C=O) groups excluding carboxylic acids is 1. The van der Waals surface area contributed by atoms with Crippen LogP contribution in [0.3, 0.4) is 0 Å². The summed E-state index contributed by atoms with van der Waals surface area (Å²) in [6.45, 7) is 3.37. The Morgan fingerprint density at radius 2 is 2.00 bits per heavy atom. The standard InChI is InChI=1S/C13H20N2O5S/c1-9-4-5-11(15-10(2)17)6-12(9)21(19,20)14-7-13(3,18)8-16/h4-6,14,16,18H,7-8H2,1-3H3,(H,15,17). The van der Waals surface area contributed by atoms with E-state index in [0.717, 1.165) is 0 Å². The van der Waals surface area contributed by atoms with Gasteiger partial charge in [0, 0.05) is 19.2 Å². The van der Waals surface area contributed by atoms with Gasteiger partial charge >= 0.3 is 0 Å². The number of sulfonamides is 1. The molecule has 1 rings (SSSR count). The zero-order valence-corrected chi connectivity index (χ0v) is 13.0. The molecule has 1 aromatic rings. The van der Waals surface area contributed by atoms with Gasteiger partial charge in [0.25, 0.3) is 0 Å². The lowest BCUT2D eigenvalue weighted by molar-refractivity contribution is -0.114. The molecule has 0 spiro atoms. The number of benzene rings is 1. The van der Waals surface area contributed by atoms with Crippen LogP contribution in [0.1, 0.15) is 19.4 Å². The Bertz CT molecular complexity index is 625. The fraction of sp³-hybridized carbons (Fsp3) is 0.462. The van der Waals surface area contributed by atoms with Gasteiger partial charge in [-0.25, -0.2) is 13.1 Å². The maximum absolute atomic E-state index is 12.2. The molecule has 21 heavy (non-hydrogen) atoms. The van der Waals surface area contributed by atoms with Gasteiger partial charge in [0.2, 0.25) is 15.9 Å². The molecule has 0 aliphatic rings. The van der Waals surface area contributed by atoms with Crippen molar-refractivity contribution in [2.45, 2.75) is 31.3 Å². The molecule has 0 aliphatic heterocycles. The summed E-state index contributed by atoms with van der Waals surface area (Å²) in [6, 6.07) is 4.51. The van der Waals surface area contributed by atoms with Crippen LogP contribution < -0.4 is 10.0 Å². The summed E-state index contributed by atoms with van der Waals surface area (Å²) in [7, 11) is -3.86. The molecule has 0 aliphatic carbocycles. The largest absolute Gasteiger partial charge is 0.393 e. The van der Waals surface area contributed by atoms with Crippen molar-refractivity contribution >= 4 is 21.6 Å². The summed E-state index contributed by atoms with van der Waals surface area (Å²) >= 11 is 0. The molecular formula is C13H20N2O5S. The Morgan fingerprint density at radius 3 is 2.52 bits per heavy atom. The first kappa shape index (κ1) is 17.6. The van der Waals surface area contributed by atoms with Gasteiger partial charge in [0.05, 0.1) is 17.1 Å². The van der Waals surface area contributed by atoms with Crippen molar-refractivity contribution in [1.29, 1.82) is 0 Å². The first-order valence-corrected chi connectivity index (χ1v) is 7.77. The molecule has 1 amide bonds. The third kappa shape index (κ3) is 5.09. The van der Waals surface area contributed by atoms with E-state index in [9.17, 15) is 18.3 Å². The smallest absolute Gasteiger partial charge is 0.241 e. The van der Waals surface area contributed by atoms with Crippen LogP contribution in [0.15, 0.2) is 23.1 Å². The number of aliphatic hydroxyl groups excluding tert-OH is 1. The summed E-state index contributed by atoms with van der Waals surface area (Å²) in [6.07, 6.45) is 0. The molecule has 0 saturated carbocycles. The fourth-order valence-corrected chi connectivity index (χ4v) is 2.99. The van der Waals surface area contributed by atoms with Crippen molar-refractivity contribution in [3.05, 3.63) is 23.8 Å². The molecule has 0 fully saturated rings. The van der Waals surface area contributed by atoms with E-state index >= 15 is 0 Å². The van der Waals surface area contributed by atoms with E-state index in [4.69, 9.17) is 5.11 Å². The molecule has 0 aromatic heterocycles. The molecule has 0 heterocycles. The SMILES string of the molecule is CC(=O)Nc1ccc(C)c(S(=O)(=O)NCC(C)(O)CO)c1. The van der Waals surface area contributed by atoms with Crippen molar-refractivity contribution in [2.24, 2.45) is 0 Å². The number of hydrogen-bond acceptors (Lipinski definition) is 5. The molecule has 1 aromatic carbocycles. The molecule has 1 atom stereocenters. The predicted molar refractivity (Wildman–Crippen MR) is 78.4 cm³/mol. The molecule has 4 N–H and O–H groups in total. The van der Waals surface area contributed by atoms with Gasteiger partial charge in [-0.05, 0) is 31.5 Å². The zero-order valence-electron chi connectivity index (χ0n) is 12.2. The first-order chi connectivity index (χ1) is 9.57. The first-order valence-electron chi connectivity index (χ1n) is 6.28. The number of aryl methyl sites for hydroxylation is 1. The second kappa shape index (κ2) is 6.52. The van der Waals surface area contributed by atoms with E-state index in [-0.39, 0.29) is 17.3 Å². The van der Waals surface area contributed by atoms with Gasteiger partial charge in [-0.2, -0.15) is 0 Å². The van der Waals surface area contributed by atoms with E-state index < -0.39 is 22.2 Å². The molecule has 7 nitrogen and oxygen atoms in total. The fourth-order valence-electron chi connectivity index (χ4n) is 1.55. The van der Waals surface area contributed by atoms with Crippen LogP contribution in [0.25, 0.3) is 0 Å². The molecule has 1 unspecified atom stereocenters. The normalized spacial score (nSPS) is 14.5. The topological polar surface area (TPSA) is 116 Å². The van der Waals surface area contributed by atoms with E-state index in [1.807, 2.05) is 0 Å². The van der Waals surface area contributed by atoms with Crippen LogP contribution in [0.5, 0.6) is 0 Å². The number of carbonyl (C=O) groups is 1. The van der Waals surface area contributed by atoms with E-state index in [2.05, 4.69) is 10.0 Å². The highest BCUT2D eigenvalue weighted by atomic mass is 32.2. The van der Waals surface area contributed by atoms with E-state index in [1.54, 1.807) is 19.1 Å². The number of rotatable bonds is 6. The lowest BCUT2D eigenvalue weighted by atomic mass is 10.1. The molecule has 0 bridgehead atoms. The number of nitrogens with one attached hydrogen (secondary N) is 2. The Morgan fingerprint density at radius 1 is 1.38 bits per heavy atom. The number of aliphatic hydroxyl groups is 2. The van der Waals surface area contributed by atoms with Gasteiger partial charge in [0.15, 0.2) is 0 Å². The van der Waals surface area contributed by atoms with Crippen LogP contribution in [-0.2, 0) is 14.8 Å². The Labute approximate surface area is 124 Å². The van der Waals surface area contributed by atoms with Crippen LogP contribution in [-0.4, -0.2) is 43.3 Å². The lowest BCUT2D eigenvalue weighted by Crippen LogP contribution is -2.43. The minimum absolute atomic E-state index is 0.00231. The summed E-state index contributed by atoms with van der Waals surface area (Å²) in [4.78, 5) is 11.0. The van der Waals surface area contributed by atoms with Crippen molar-refractivity contribution in [2.75, 3.05) is 18.5 Å². The summed E-state index contributed by atoms with van der Waals surface area (Å²) in [5.74, 6) is -0.307. The predicted octanol–water partition coefficient (Wildman–Crippen LogP) is -0.0250. The van der Waals surface area contributed by atoms with Crippen molar-refractivity contribution < 1.29 is 23.4 Å².